The number of alkyl carbamates (subject to hydrolysis) is 1. The molecule has 0 spiro atoms. The molecule has 0 radical (unpaired) electrons. The Labute approximate surface area is 116 Å². The molecule has 1 fully saturated rings. The molecule has 19 heavy (non-hydrogen) atoms. The van der Waals surface area contributed by atoms with Crippen molar-refractivity contribution in [3.05, 3.63) is 0 Å². The first-order valence-corrected chi connectivity index (χ1v) is 7.30. The lowest BCUT2D eigenvalue weighted by atomic mass is 10.1. The monoisotopic (exact) mass is 271 g/mol. The van der Waals surface area contributed by atoms with Gasteiger partial charge in [-0.3, -0.25) is 0 Å². The molecule has 1 heterocycles. The number of rotatable bonds is 5. The summed E-state index contributed by atoms with van der Waals surface area (Å²) in [6, 6.07) is 0.640. The third-order valence-corrected chi connectivity index (χ3v) is 3.02. The summed E-state index contributed by atoms with van der Waals surface area (Å²) in [6.45, 7) is 10.4. The van der Waals surface area contributed by atoms with Gasteiger partial charge in [0.1, 0.15) is 5.60 Å². The Kier molecular flexibility index (Phi) is 6.58. The second-order valence-electron chi connectivity index (χ2n) is 6.35. The largest absolute Gasteiger partial charge is 0.444 e. The van der Waals surface area contributed by atoms with Gasteiger partial charge in [-0.2, -0.15) is 0 Å². The molecule has 0 aromatic rings. The molecular formula is C14H29N3O2. The van der Waals surface area contributed by atoms with Gasteiger partial charge in [0.25, 0.3) is 0 Å². The van der Waals surface area contributed by atoms with Gasteiger partial charge in [-0.05, 0) is 47.1 Å². The van der Waals surface area contributed by atoms with Gasteiger partial charge < -0.3 is 20.7 Å². The number of carbonyl (C=O) groups excluding carboxylic acids is 1. The van der Waals surface area contributed by atoms with Crippen molar-refractivity contribution in [3.63, 3.8) is 0 Å². The SMILES string of the molecule is CC(CNCC1CCCCN1)NC(=O)OC(C)(C)C. The molecule has 1 aliphatic heterocycles. The van der Waals surface area contributed by atoms with Crippen LogP contribution in [0.3, 0.4) is 0 Å². The summed E-state index contributed by atoms with van der Waals surface area (Å²) in [5.74, 6) is 0. The van der Waals surface area contributed by atoms with Gasteiger partial charge in [-0.15, -0.1) is 0 Å². The van der Waals surface area contributed by atoms with Crippen molar-refractivity contribution in [3.8, 4) is 0 Å². The first-order valence-electron chi connectivity index (χ1n) is 7.30. The maximum Gasteiger partial charge on any atom is 0.407 e. The van der Waals surface area contributed by atoms with Crippen LogP contribution in [0.4, 0.5) is 4.79 Å². The Hall–Kier alpha value is -0.810. The molecule has 1 amide bonds. The third-order valence-electron chi connectivity index (χ3n) is 3.02. The highest BCUT2D eigenvalue weighted by atomic mass is 16.6. The van der Waals surface area contributed by atoms with E-state index in [2.05, 4.69) is 16.0 Å². The lowest BCUT2D eigenvalue weighted by Crippen LogP contribution is -2.46. The fraction of sp³-hybridized carbons (Fsp3) is 0.929. The number of amides is 1. The third kappa shape index (κ3) is 8.06. The number of hydrogen-bond acceptors (Lipinski definition) is 4. The van der Waals surface area contributed by atoms with E-state index in [-0.39, 0.29) is 12.1 Å². The van der Waals surface area contributed by atoms with Crippen LogP contribution >= 0.6 is 0 Å². The minimum atomic E-state index is -0.441. The van der Waals surface area contributed by atoms with Crippen LogP contribution < -0.4 is 16.0 Å². The predicted molar refractivity (Wildman–Crippen MR) is 77.3 cm³/mol. The summed E-state index contributed by atoms with van der Waals surface area (Å²) in [6.07, 6.45) is 3.48. The second-order valence-corrected chi connectivity index (χ2v) is 6.35. The predicted octanol–water partition coefficient (Wildman–Crippen LogP) is 1.63. The zero-order chi connectivity index (χ0) is 14.3. The zero-order valence-electron chi connectivity index (χ0n) is 12.7. The van der Waals surface area contributed by atoms with Crippen LogP contribution in [0.2, 0.25) is 0 Å². The highest BCUT2D eigenvalue weighted by molar-refractivity contribution is 5.68. The van der Waals surface area contributed by atoms with Gasteiger partial charge in [0.15, 0.2) is 0 Å². The Bertz CT molecular complexity index is 270. The quantitative estimate of drug-likeness (QED) is 0.711. The number of carbonyl (C=O) groups is 1. The fourth-order valence-corrected chi connectivity index (χ4v) is 2.13. The average Bonchev–Trinajstić information content (AvgIpc) is 2.27. The summed E-state index contributed by atoms with van der Waals surface area (Å²) in [4.78, 5) is 11.6. The Morgan fingerprint density at radius 2 is 2.16 bits per heavy atom. The number of ether oxygens (including phenoxy) is 1. The van der Waals surface area contributed by atoms with E-state index in [1.807, 2.05) is 27.7 Å². The van der Waals surface area contributed by atoms with Crippen LogP contribution in [0.1, 0.15) is 47.0 Å². The van der Waals surface area contributed by atoms with Gasteiger partial charge in [0.2, 0.25) is 0 Å². The standard InChI is InChI=1S/C14H29N3O2/c1-11(17-13(18)19-14(2,3)4)9-15-10-12-7-5-6-8-16-12/h11-12,15-16H,5-10H2,1-4H3,(H,17,18). The summed E-state index contributed by atoms with van der Waals surface area (Å²) in [5, 5.41) is 9.71. The molecular weight excluding hydrogens is 242 g/mol. The molecule has 5 heteroatoms. The normalized spacial score (nSPS) is 21.8. The van der Waals surface area contributed by atoms with Crippen LogP contribution in [0.5, 0.6) is 0 Å². The maximum absolute atomic E-state index is 11.6. The van der Waals surface area contributed by atoms with Crippen LogP contribution in [0, 0.1) is 0 Å². The van der Waals surface area contributed by atoms with E-state index < -0.39 is 5.60 Å². The van der Waals surface area contributed by atoms with Crippen molar-refractivity contribution >= 4 is 6.09 Å². The molecule has 0 aliphatic carbocycles. The molecule has 112 valence electrons. The number of piperidine rings is 1. The van der Waals surface area contributed by atoms with E-state index >= 15 is 0 Å². The Morgan fingerprint density at radius 3 is 2.74 bits per heavy atom. The minimum Gasteiger partial charge on any atom is -0.444 e. The molecule has 5 nitrogen and oxygen atoms in total. The van der Waals surface area contributed by atoms with E-state index in [4.69, 9.17) is 4.74 Å². The summed E-state index contributed by atoms with van der Waals surface area (Å²) in [5.41, 5.74) is -0.441. The summed E-state index contributed by atoms with van der Waals surface area (Å²) >= 11 is 0. The van der Waals surface area contributed by atoms with Crippen molar-refractivity contribution in [2.45, 2.75) is 64.6 Å². The summed E-state index contributed by atoms with van der Waals surface area (Å²) in [7, 11) is 0. The summed E-state index contributed by atoms with van der Waals surface area (Å²) < 4.78 is 5.21. The van der Waals surface area contributed by atoms with Crippen molar-refractivity contribution in [2.75, 3.05) is 19.6 Å². The molecule has 3 N–H and O–H groups in total. The Balaban J connectivity index is 2.10. The van der Waals surface area contributed by atoms with E-state index in [9.17, 15) is 4.79 Å². The first-order chi connectivity index (χ1) is 8.87. The molecule has 1 rings (SSSR count). The van der Waals surface area contributed by atoms with Gasteiger partial charge in [0, 0.05) is 25.2 Å². The molecule has 1 aliphatic rings. The molecule has 0 aromatic heterocycles. The topological polar surface area (TPSA) is 62.4 Å². The number of nitrogens with one attached hydrogen (secondary N) is 3. The second kappa shape index (κ2) is 7.70. The Morgan fingerprint density at radius 1 is 1.42 bits per heavy atom. The van der Waals surface area contributed by atoms with Crippen LogP contribution in [-0.2, 0) is 4.74 Å². The lowest BCUT2D eigenvalue weighted by Gasteiger charge is -2.25. The lowest BCUT2D eigenvalue weighted by molar-refractivity contribution is 0.0508. The maximum atomic E-state index is 11.6. The van der Waals surface area contributed by atoms with E-state index in [0.29, 0.717) is 6.04 Å². The molecule has 0 bridgehead atoms. The van der Waals surface area contributed by atoms with E-state index in [1.165, 1.54) is 19.3 Å². The van der Waals surface area contributed by atoms with E-state index in [0.717, 1.165) is 19.6 Å². The van der Waals surface area contributed by atoms with Crippen molar-refractivity contribution in [2.24, 2.45) is 0 Å². The van der Waals surface area contributed by atoms with Gasteiger partial charge >= 0.3 is 6.09 Å². The zero-order valence-corrected chi connectivity index (χ0v) is 12.7. The van der Waals surface area contributed by atoms with Crippen LogP contribution in [0.15, 0.2) is 0 Å². The first kappa shape index (κ1) is 16.2. The van der Waals surface area contributed by atoms with Crippen LogP contribution in [-0.4, -0.2) is 43.4 Å². The van der Waals surface area contributed by atoms with Gasteiger partial charge in [-0.25, -0.2) is 4.79 Å². The minimum absolute atomic E-state index is 0.0680. The van der Waals surface area contributed by atoms with Crippen LogP contribution in [0.25, 0.3) is 0 Å². The highest BCUT2D eigenvalue weighted by Crippen LogP contribution is 2.07. The van der Waals surface area contributed by atoms with Crippen molar-refractivity contribution in [1.82, 2.24) is 16.0 Å². The van der Waals surface area contributed by atoms with Crippen molar-refractivity contribution < 1.29 is 9.53 Å². The van der Waals surface area contributed by atoms with Gasteiger partial charge in [0.05, 0.1) is 0 Å². The van der Waals surface area contributed by atoms with E-state index in [1.54, 1.807) is 0 Å². The van der Waals surface area contributed by atoms with Gasteiger partial charge in [-0.1, -0.05) is 6.42 Å². The molecule has 1 saturated heterocycles. The highest BCUT2D eigenvalue weighted by Gasteiger charge is 2.18. The number of hydrogen-bond donors (Lipinski definition) is 3. The molecule has 2 unspecified atom stereocenters. The van der Waals surface area contributed by atoms with Crippen molar-refractivity contribution in [1.29, 1.82) is 0 Å². The molecule has 0 saturated carbocycles. The molecule has 2 atom stereocenters. The molecule has 0 aromatic carbocycles. The fourth-order valence-electron chi connectivity index (χ4n) is 2.13. The smallest absolute Gasteiger partial charge is 0.407 e. The average molecular weight is 271 g/mol.